The first kappa shape index (κ1) is 9.06. The van der Waals surface area contributed by atoms with Crippen molar-refractivity contribution in [3.8, 4) is 0 Å². The van der Waals surface area contributed by atoms with Gasteiger partial charge in [0.15, 0.2) is 0 Å². The summed E-state index contributed by atoms with van der Waals surface area (Å²) < 4.78 is 5.19. The number of benzene rings is 1. The third-order valence-corrected chi connectivity index (χ3v) is 2.53. The van der Waals surface area contributed by atoms with Crippen molar-refractivity contribution in [2.45, 2.75) is 26.0 Å². The predicted octanol–water partition coefficient (Wildman–Crippen LogP) is 2.16. The summed E-state index contributed by atoms with van der Waals surface area (Å²) >= 11 is 0. The molecule has 2 rings (SSSR count). The maximum Gasteiger partial charge on any atom is 0.408 e. The lowest BCUT2D eigenvalue weighted by molar-refractivity contribution is 0.133. The number of hydrogen-bond donors (Lipinski definition) is 1. The monoisotopic (exact) mass is 191 g/mol. The normalized spacial score (nSPS) is 25.7. The Bertz CT molecular complexity index is 362. The van der Waals surface area contributed by atoms with Gasteiger partial charge in [-0.2, -0.15) is 0 Å². The van der Waals surface area contributed by atoms with Crippen molar-refractivity contribution in [2.75, 3.05) is 0 Å². The lowest BCUT2D eigenvalue weighted by Crippen LogP contribution is -2.24. The molecule has 1 fully saturated rings. The van der Waals surface area contributed by atoms with Crippen molar-refractivity contribution < 1.29 is 9.53 Å². The SMILES string of the molecule is Cc1ccccc1C1OC(=O)NC1C. The topological polar surface area (TPSA) is 38.3 Å². The zero-order valence-electron chi connectivity index (χ0n) is 8.28. The van der Waals surface area contributed by atoms with Gasteiger partial charge in [0.05, 0.1) is 6.04 Å². The number of nitrogens with one attached hydrogen (secondary N) is 1. The van der Waals surface area contributed by atoms with Crippen LogP contribution >= 0.6 is 0 Å². The zero-order valence-corrected chi connectivity index (χ0v) is 8.28. The van der Waals surface area contributed by atoms with Gasteiger partial charge in [-0.3, -0.25) is 0 Å². The van der Waals surface area contributed by atoms with Crippen LogP contribution in [-0.4, -0.2) is 12.1 Å². The smallest absolute Gasteiger partial charge is 0.408 e. The zero-order chi connectivity index (χ0) is 10.1. The van der Waals surface area contributed by atoms with E-state index < -0.39 is 0 Å². The van der Waals surface area contributed by atoms with Crippen molar-refractivity contribution in [1.82, 2.24) is 5.32 Å². The van der Waals surface area contributed by atoms with Gasteiger partial charge in [0.2, 0.25) is 0 Å². The van der Waals surface area contributed by atoms with Gasteiger partial charge in [-0.1, -0.05) is 24.3 Å². The summed E-state index contributed by atoms with van der Waals surface area (Å²) in [7, 11) is 0. The first-order valence-electron chi connectivity index (χ1n) is 4.71. The summed E-state index contributed by atoms with van der Waals surface area (Å²) in [6.07, 6.45) is -0.477. The Morgan fingerprint density at radius 2 is 2.07 bits per heavy atom. The first-order chi connectivity index (χ1) is 6.68. The molecular weight excluding hydrogens is 178 g/mol. The molecule has 1 aliphatic heterocycles. The lowest BCUT2D eigenvalue weighted by atomic mass is 9.99. The van der Waals surface area contributed by atoms with Crippen LogP contribution in [0.5, 0.6) is 0 Å². The highest BCUT2D eigenvalue weighted by atomic mass is 16.6. The fourth-order valence-electron chi connectivity index (χ4n) is 1.75. The molecule has 0 aromatic heterocycles. The van der Waals surface area contributed by atoms with Gasteiger partial charge in [0, 0.05) is 0 Å². The first-order valence-corrected chi connectivity index (χ1v) is 4.71. The number of cyclic esters (lactones) is 1. The van der Waals surface area contributed by atoms with Gasteiger partial charge < -0.3 is 10.1 Å². The molecule has 1 amide bonds. The number of carbonyl (C=O) groups is 1. The molecule has 2 unspecified atom stereocenters. The molecule has 1 aromatic rings. The van der Waals surface area contributed by atoms with Crippen molar-refractivity contribution in [3.63, 3.8) is 0 Å². The standard InChI is InChI=1S/C11H13NO2/c1-7-5-3-4-6-9(7)10-8(2)12-11(13)14-10/h3-6,8,10H,1-2H3,(H,12,13). The molecule has 1 N–H and O–H groups in total. The third kappa shape index (κ3) is 1.45. The second-order valence-corrected chi connectivity index (χ2v) is 3.62. The molecular formula is C11H13NO2. The fraction of sp³-hybridized carbons (Fsp3) is 0.364. The Hall–Kier alpha value is -1.51. The number of amides is 1. The van der Waals surface area contributed by atoms with Crippen LogP contribution in [0.15, 0.2) is 24.3 Å². The van der Waals surface area contributed by atoms with Crippen LogP contribution in [0.2, 0.25) is 0 Å². The second kappa shape index (κ2) is 3.33. The van der Waals surface area contributed by atoms with E-state index in [2.05, 4.69) is 5.32 Å². The number of ether oxygens (including phenoxy) is 1. The molecule has 0 bridgehead atoms. The minimum absolute atomic E-state index is 0.0450. The van der Waals surface area contributed by atoms with Crippen molar-refractivity contribution in [3.05, 3.63) is 35.4 Å². The highest BCUT2D eigenvalue weighted by Gasteiger charge is 2.32. The molecule has 0 aliphatic carbocycles. The Morgan fingerprint density at radius 1 is 1.36 bits per heavy atom. The number of aryl methyl sites for hydroxylation is 1. The van der Waals surface area contributed by atoms with Crippen LogP contribution in [0.25, 0.3) is 0 Å². The number of rotatable bonds is 1. The second-order valence-electron chi connectivity index (χ2n) is 3.62. The van der Waals surface area contributed by atoms with E-state index in [1.165, 1.54) is 0 Å². The fourth-order valence-corrected chi connectivity index (χ4v) is 1.75. The summed E-state index contributed by atoms with van der Waals surface area (Å²) in [6, 6.07) is 8.00. The maximum atomic E-state index is 11.0. The lowest BCUT2D eigenvalue weighted by Gasteiger charge is -2.15. The van der Waals surface area contributed by atoms with Crippen molar-refractivity contribution in [1.29, 1.82) is 0 Å². The number of hydrogen-bond acceptors (Lipinski definition) is 2. The summed E-state index contributed by atoms with van der Waals surface area (Å²) in [5, 5.41) is 2.73. The molecule has 0 radical (unpaired) electrons. The van der Waals surface area contributed by atoms with Crippen LogP contribution < -0.4 is 5.32 Å². The van der Waals surface area contributed by atoms with Gasteiger partial charge in [0.1, 0.15) is 6.10 Å². The Balaban J connectivity index is 2.32. The molecule has 0 saturated carbocycles. The van der Waals surface area contributed by atoms with E-state index in [4.69, 9.17) is 4.74 Å². The molecule has 1 aliphatic rings. The van der Waals surface area contributed by atoms with Crippen LogP contribution in [0, 0.1) is 6.92 Å². The van der Waals surface area contributed by atoms with E-state index in [0.29, 0.717) is 0 Å². The summed E-state index contributed by atoms with van der Waals surface area (Å²) in [5.74, 6) is 0. The van der Waals surface area contributed by atoms with Crippen LogP contribution in [-0.2, 0) is 4.74 Å². The Kier molecular flexibility index (Phi) is 2.15. The van der Waals surface area contributed by atoms with Gasteiger partial charge in [-0.05, 0) is 25.0 Å². The van der Waals surface area contributed by atoms with E-state index in [0.717, 1.165) is 11.1 Å². The highest BCUT2D eigenvalue weighted by molar-refractivity contribution is 5.70. The third-order valence-electron chi connectivity index (χ3n) is 2.53. The van der Waals surface area contributed by atoms with E-state index in [9.17, 15) is 4.79 Å². The van der Waals surface area contributed by atoms with E-state index >= 15 is 0 Å². The molecule has 2 atom stereocenters. The summed E-state index contributed by atoms with van der Waals surface area (Å²) in [5.41, 5.74) is 2.24. The van der Waals surface area contributed by atoms with Crippen molar-refractivity contribution in [2.24, 2.45) is 0 Å². The van der Waals surface area contributed by atoms with E-state index in [1.54, 1.807) is 0 Å². The van der Waals surface area contributed by atoms with Gasteiger partial charge in [-0.25, -0.2) is 4.79 Å². The minimum Gasteiger partial charge on any atom is -0.439 e. The largest absolute Gasteiger partial charge is 0.439 e. The van der Waals surface area contributed by atoms with E-state index in [-0.39, 0.29) is 18.2 Å². The number of carbonyl (C=O) groups excluding carboxylic acids is 1. The van der Waals surface area contributed by atoms with Crippen LogP contribution in [0.1, 0.15) is 24.2 Å². The molecule has 1 aromatic carbocycles. The van der Waals surface area contributed by atoms with Crippen molar-refractivity contribution >= 4 is 6.09 Å². The Morgan fingerprint density at radius 3 is 2.64 bits per heavy atom. The average Bonchev–Trinajstić information content (AvgIpc) is 2.46. The van der Waals surface area contributed by atoms with Crippen LogP contribution in [0.4, 0.5) is 4.79 Å². The Labute approximate surface area is 83.1 Å². The average molecular weight is 191 g/mol. The molecule has 74 valence electrons. The van der Waals surface area contributed by atoms with E-state index in [1.807, 2.05) is 38.1 Å². The molecule has 1 saturated heterocycles. The van der Waals surface area contributed by atoms with Gasteiger partial charge >= 0.3 is 6.09 Å². The quantitative estimate of drug-likeness (QED) is 0.738. The predicted molar refractivity (Wildman–Crippen MR) is 53.0 cm³/mol. The molecule has 3 nitrogen and oxygen atoms in total. The maximum absolute atomic E-state index is 11.0. The minimum atomic E-state index is -0.328. The summed E-state index contributed by atoms with van der Waals surface area (Å²) in [4.78, 5) is 11.0. The molecule has 14 heavy (non-hydrogen) atoms. The number of alkyl carbamates (subject to hydrolysis) is 1. The highest BCUT2D eigenvalue weighted by Crippen LogP contribution is 2.28. The van der Waals surface area contributed by atoms with Gasteiger partial charge in [-0.15, -0.1) is 0 Å². The molecule has 1 heterocycles. The van der Waals surface area contributed by atoms with Gasteiger partial charge in [0.25, 0.3) is 0 Å². The molecule has 3 heteroatoms. The summed E-state index contributed by atoms with van der Waals surface area (Å²) in [6.45, 7) is 3.97. The molecule has 0 spiro atoms. The van der Waals surface area contributed by atoms with Crippen LogP contribution in [0.3, 0.4) is 0 Å².